The summed E-state index contributed by atoms with van der Waals surface area (Å²) in [4.78, 5) is 34.7. The third-order valence-corrected chi connectivity index (χ3v) is 4.08. The van der Waals surface area contributed by atoms with Crippen LogP contribution in [-0.2, 0) is 24.2 Å². The number of hydrogen-bond acceptors (Lipinski definition) is 5. The summed E-state index contributed by atoms with van der Waals surface area (Å²) in [6.07, 6.45) is 0. The molecule has 0 heterocycles. The van der Waals surface area contributed by atoms with E-state index in [9.17, 15) is 22.8 Å². The number of carboxylic acids is 1. The second-order valence-electron chi connectivity index (χ2n) is 4.21. The number of aliphatic carboxylic acids is 1. The molecule has 0 aromatic carbocycles. The van der Waals surface area contributed by atoms with Crippen molar-refractivity contribution in [3.05, 3.63) is 0 Å². The molecule has 0 saturated carbocycles. The van der Waals surface area contributed by atoms with Crippen LogP contribution >= 0.6 is 0 Å². The van der Waals surface area contributed by atoms with Gasteiger partial charge in [-0.2, -0.15) is 0 Å². The third kappa shape index (κ3) is 6.50. The minimum atomic E-state index is -3.92. The fourth-order valence-electron chi connectivity index (χ4n) is 1.59. The molecule has 20 heavy (non-hydrogen) atoms. The van der Waals surface area contributed by atoms with E-state index in [1.807, 2.05) is 5.32 Å². The molecular formula is C11H20N2O6S. The molecule has 116 valence electrons. The molecule has 0 rings (SSSR count). The Kier molecular flexibility index (Phi) is 7.19. The zero-order chi connectivity index (χ0) is 15.9. The molecule has 0 saturated heterocycles. The van der Waals surface area contributed by atoms with Crippen molar-refractivity contribution in [3.8, 4) is 0 Å². The minimum Gasteiger partial charge on any atom is -0.480 e. The average molecular weight is 308 g/mol. The highest BCUT2D eigenvalue weighted by Crippen LogP contribution is 2.00. The fraction of sp³-hybridized carbons (Fsp3) is 0.727. The van der Waals surface area contributed by atoms with Gasteiger partial charge in [0.25, 0.3) is 0 Å². The van der Waals surface area contributed by atoms with Crippen LogP contribution in [0, 0.1) is 0 Å². The number of rotatable bonds is 8. The van der Waals surface area contributed by atoms with Gasteiger partial charge in [0.1, 0.15) is 11.8 Å². The van der Waals surface area contributed by atoms with Crippen molar-refractivity contribution >= 4 is 27.6 Å². The lowest BCUT2D eigenvalue weighted by Crippen LogP contribution is -2.46. The molecule has 0 bridgehead atoms. The standard InChI is InChI=1S/C11H20N2O6S/c1-4-13(5-2)10(15)7-20(18,19)6-9(11(16)17)12-8(3)14/h9H,4-7H2,1-3H3,(H,12,14)(H,16,17). The molecule has 0 aromatic heterocycles. The second kappa shape index (κ2) is 7.83. The number of nitrogens with zero attached hydrogens (tertiary/aromatic N) is 1. The van der Waals surface area contributed by atoms with E-state index in [0.717, 1.165) is 6.92 Å². The smallest absolute Gasteiger partial charge is 0.327 e. The predicted octanol–water partition coefficient (Wildman–Crippen LogP) is -1.14. The van der Waals surface area contributed by atoms with Crippen LogP contribution < -0.4 is 5.32 Å². The molecule has 8 nitrogen and oxygen atoms in total. The van der Waals surface area contributed by atoms with Gasteiger partial charge >= 0.3 is 5.97 Å². The van der Waals surface area contributed by atoms with Crippen molar-refractivity contribution in [2.24, 2.45) is 0 Å². The van der Waals surface area contributed by atoms with Crippen LogP contribution in [0.15, 0.2) is 0 Å². The van der Waals surface area contributed by atoms with Gasteiger partial charge < -0.3 is 15.3 Å². The summed E-state index contributed by atoms with van der Waals surface area (Å²) >= 11 is 0. The van der Waals surface area contributed by atoms with Gasteiger partial charge in [-0.3, -0.25) is 9.59 Å². The maximum Gasteiger partial charge on any atom is 0.327 e. The fourth-order valence-corrected chi connectivity index (χ4v) is 3.00. The maximum atomic E-state index is 11.8. The van der Waals surface area contributed by atoms with Gasteiger partial charge in [-0.05, 0) is 13.8 Å². The number of nitrogens with one attached hydrogen (secondary N) is 1. The molecule has 0 aliphatic carbocycles. The number of carbonyl (C=O) groups is 3. The Morgan fingerprint density at radius 1 is 1.20 bits per heavy atom. The minimum absolute atomic E-state index is 0.374. The lowest BCUT2D eigenvalue weighted by molar-refractivity contribution is -0.140. The molecule has 0 aromatic rings. The predicted molar refractivity (Wildman–Crippen MR) is 71.8 cm³/mol. The van der Waals surface area contributed by atoms with Gasteiger partial charge in [0.15, 0.2) is 9.84 Å². The number of carboxylic acid groups (broad SMARTS) is 1. The van der Waals surface area contributed by atoms with E-state index in [1.165, 1.54) is 4.90 Å². The molecular weight excluding hydrogens is 288 g/mol. The quantitative estimate of drug-likeness (QED) is 0.584. The Labute approximate surface area is 118 Å². The van der Waals surface area contributed by atoms with Crippen molar-refractivity contribution in [2.75, 3.05) is 24.6 Å². The van der Waals surface area contributed by atoms with E-state index in [-0.39, 0.29) is 0 Å². The first-order valence-corrected chi connectivity index (χ1v) is 7.93. The van der Waals surface area contributed by atoms with E-state index >= 15 is 0 Å². The summed E-state index contributed by atoms with van der Waals surface area (Å²) < 4.78 is 23.6. The Balaban J connectivity index is 4.83. The highest BCUT2D eigenvalue weighted by molar-refractivity contribution is 7.92. The highest BCUT2D eigenvalue weighted by Gasteiger charge is 2.28. The van der Waals surface area contributed by atoms with Gasteiger partial charge in [0.05, 0.1) is 5.75 Å². The van der Waals surface area contributed by atoms with Crippen molar-refractivity contribution in [3.63, 3.8) is 0 Å². The Bertz CT molecular complexity index is 469. The van der Waals surface area contributed by atoms with Gasteiger partial charge in [-0.15, -0.1) is 0 Å². The number of amides is 2. The molecule has 1 unspecified atom stereocenters. The zero-order valence-electron chi connectivity index (χ0n) is 11.7. The first-order valence-electron chi connectivity index (χ1n) is 6.11. The van der Waals surface area contributed by atoms with Crippen molar-refractivity contribution in [2.45, 2.75) is 26.8 Å². The number of carbonyl (C=O) groups excluding carboxylic acids is 2. The van der Waals surface area contributed by atoms with Crippen LogP contribution in [-0.4, -0.2) is 66.8 Å². The summed E-state index contributed by atoms with van der Waals surface area (Å²) in [7, 11) is -3.92. The van der Waals surface area contributed by atoms with Gasteiger partial charge in [-0.25, -0.2) is 13.2 Å². The molecule has 0 aliphatic rings. The summed E-state index contributed by atoms with van der Waals surface area (Å²) in [5.41, 5.74) is 0. The summed E-state index contributed by atoms with van der Waals surface area (Å²) in [5, 5.41) is 10.9. The van der Waals surface area contributed by atoms with Gasteiger partial charge in [0, 0.05) is 20.0 Å². The first kappa shape index (κ1) is 18.4. The van der Waals surface area contributed by atoms with Crippen LogP contribution in [0.1, 0.15) is 20.8 Å². The molecule has 9 heteroatoms. The summed E-state index contributed by atoms with van der Waals surface area (Å²) in [5.74, 6) is -4.27. The van der Waals surface area contributed by atoms with E-state index in [0.29, 0.717) is 13.1 Å². The molecule has 1 atom stereocenters. The molecule has 0 aliphatic heterocycles. The molecule has 0 radical (unpaired) electrons. The zero-order valence-corrected chi connectivity index (χ0v) is 12.6. The summed E-state index contributed by atoms with van der Waals surface area (Å²) in [6, 6.07) is -1.55. The van der Waals surface area contributed by atoms with E-state index in [4.69, 9.17) is 5.11 Å². The lowest BCUT2D eigenvalue weighted by atomic mass is 10.3. The average Bonchev–Trinajstić information content (AvgIpc) is 2.27. The Morgan fingerprint density at radius 2 is 1.70 bits per heavy atom. The molecule has 0 spiro atoms. The summed E-state index contributed by atoms with van der Waals surface area (Å²) in [6.45, 7) is 5.26. The van der Waals surface area contributed by atoms with Crippen LogP contribution in [0.5, 0.6) is 0 Å². The van der Waals surface area contributed by atoms with E-state index in [2.05, 4.69) is 0 Å². The van der Waals surface area contributed by atoms with Crippen LogP contribution in [0.2, 0.25) is 0 Å². The SMILES string of the molecule is CCN(CC)C(=O)CS(=O)(=O)CC(NC(C)=O)C(=O)O. The van der Waals surface area contributed by atoms with Gasteiger partial charge in [0.2, 0.25) is 11.8 Å². The lowest BCUT2D eigenvalue weighted by Gasteiger charge is -2.19. The van der Waals surface area contributed by atoms with Crippen LogP contribution in [0.3, 0.4) is 0 Å². The third-order valence-electron chi connectivity index (χ3n) is 2.56. The monoisotopic (exact) mass is 308 g/mol. The number of sulfone groups is 1. The van der Waals surface area contributed by atoms with E-state index < -0.39 is 45.2 Å². The van der Waals surface area contributed by atoms with Crippen LogP contribution in [0.4, 0.5) is 0 Å². The Morgan fingerprint density at radius 3 is 2.05 bits per heavy atom. The number of hydrogen-bond donors (Lipinski definition) is 2. The normalized spacial score (nSPS) is 12.6. The molecule has 2 N–H and O–H groups in total. The van der Waals surface area contributed by atoms with Crippen molar-refractivity contribution in [1.29, 1.82) is 0 Å². The molecule has 2 amide bonds. The van der Waals surface area contributed by atoms with Crippen molar-refractivity contribution in [1.82, 2.24) is 10.2 Å². The van der Waals surface area contributed by atoms with E-state index in [1.54, 1.807) is 13.8 Å². The Hall–Kier alpha value is -1.64. The highest BCUT2D eigenvalue weighted by atomic mass is 32.2. The van der Waals surface area contributed by atoms with Crippen LogP contribution in [0.25, 0.3) is 0 Å². The van der Waals surface area contributed by atoms with Crippen molar-refractivity contribution < 1.29 is 27.9 Å². The second-order valence-corrected chi connectivity index (χ2v) is 6.32. The molecule has 0 fully saturated rings. The largest absolute Gasteiger partial charge is 0.480 e. The maximum absolute atomic E-state index is 11.8. The van der Waals surface area contributed by atoms with Gasteiger partial charge in [-0.1, -0.05) is 0 Å². The first-order chi connectivity index (χ1) is 9.12. The topological polar surface area (TPSA) is 121 Å².